The van der Waals surface area contributed by atoms with Crippen molar-refractivity contribution in [2.45, 2.75) is 9.79 Å². The molecule has 2 aliphatic heterocycles. The fourth-order valence-electron chi connectivity index (χ4n) is 8.87. The number of amidine groups is 1. The summed E-state index contributed by atoms with van der Waals surface area (Å²) in [4.78, 5) is 33.5. The third-order valence-electron chi connectivity index (χ3n) is 13.0. The first-order valence-corrected chi connectivity index (χ1v) is 27.6. The fourth-order valence-corrected chi connectivity index (χ4v) is 12.5. The molecule has 0 radical (unpaired) electrons. The van der Waals surface area contributed by atoms with E-state index in [9.17, 15) is 26.4 Å². The number of amides is 2. The van der Waals surface area contributed by atoms with E-state index in [4.69, 9.17) is 17.7 Å². The van der Waals surface area contributed by atoms with E-state index in [-0.39, 0.29) is 53.6 Å². The second kappa shape index (κ2) is 21.6. The van der Waals surface area contributed by atoms with Gasteiger partial charge in [-0.25, -0.2) is 21.7 Å². The van der Waals surface area contributed by atoms with Gasteiger partial charge in [-0.15, -0.1) is 0 Å². The predicted molar refractivity (Wildman–Crippen MR) is 294 cm³/mol. The van der Waals surface area contributed by atoms with E-state index in [1.807, 2.05) is 109 Å². The Morgan fingerprint density at radius 1 is 0.466 bits per heavy atom. The number of nitrogens with zero attached hydrogens (tertiary/aromatic N) is 5. The van der Waals surface area contributed by atoms with E-state index in [1.54, 1.807) is 70.5 Å². The number of nitrogens with one attached hydrogen (secondary N) is 1. The van der Waals surface area contributed by atoms with Crippen LogP contribution in [0, 0.1) is 12.0 Å². The average molecular weight is 1140 g/mol. The smallest absolute Gasteiger partial charge is 0.253 e. The first-order valence-electron chi connectivity index (χ1n) is 23.2. The van der Waals surface area contributed by atoms with Crippen LogP contribution in [0.1, 0.15) is 26.3 Å². The number of piperazine rings is 2. The second-order valence-corrected chi connectivity index (χ2v) is 23.2. The molecule has 2 saturated heterocycles. The molecule has 0 saturated carbocycles. The topological polar surface area (TPSA) is 170 Å². The number of hydrogen-bond acceptors (Lipinski definition) is 7. The van der Waals surface area contributed by atoms with Gasteiger partial charge in [0, 0.05) is 78.0 Å². The Balaban J connectivity index is 0.000000180. The van der Waals surface area contributed by atoms with Crippen molar-refractivity contribution < 1.29 is 26.4 Å². The van der Waals surface area contributed by atoms with Crippen molar-refractivity contribution in [2.75, 3.05) is 52.4 Å². The van der Waals surface area contributed by atoms with Crippen LogP contribution in [-0.4, -0.2) is 105 Å². The minimum atomic E-state index is -3.66. The van der Waals surface area contributed by atoms with E-state index in [1.165, 1.54) is 8.61 Å². The molecule has 3 N–H and O–H groups in total. The summed E-state index contributed by atoms with van der Waals surface area (Å²) in [6.07, 6.45) is 0. The Bertz CT molecular complexity index is 3700. The number of carbonyl (C=O) groups excluding carboxylic acids is 2. The van der Waals surface area contributed by atoms with Crippen LogP contribution in [0.5, 0.6) is 0 Å². The Kier molecular flexibility index (Phi) is 15.0. The standard InChI is InChI=1S/C28H25BrN4O3S.C28H22BrN3O3S/c29-25-10-8-23-18-26(11-9-22(23)17-25)37(35,36)33-14-12-32(13-15-33)28(34)20-6-4-19(5-7-20)21-2-1-3-24(16-21)27(30)31;1-30-26-4-2-3-22(18-26)20-5-7-21(8-6-20)28(33)31-13-15-32(16-14-31)36(34,35)27-12-10-23-17-25(29)11-9-24(23)19-27/h1-11,16-18H,12-15H2,(H3,30,31);2-12,17-19H,13-16H2. The zero-order valence-electron chi connectivity index (χ0n) is 39.2. The normalized spacial score (nSPS) is 14.5. The van der Waals surface area contributed by atoms with Crippen LogP contribution in [0.2, 0.25) is 0 Å². The molecule has 10 rings (SSSR count). The maximum absolute atomic E-state index is 13.3. The largest absolute Gasteiger partial charge is 0.384 e. The Hall–Kier alpha value is -7.04. The molecule has 2 heterocycles. The van der Waals surface area contributed by atoms with Gasteiger partial charge in [0.15, 0.2) is 5.69 Å². The van der Waals surface area contributed by atoms with Crippen molar-refractivity contribution in [3.8, 4) is 22.3 Å². The second-order valence-electron chi connectivity index (χ2n) is 17.5. The highest BCUT2D eigenvalue weighted by molar-refractivity contribution is 9.10. The third kappa shape index (κ3) is 11.3. The van der Waals surface area contributed by atoms with Gasteiger partial charge in [-0.2, -0.15) is 8.61 Å². The first kappa shape index (κ1) is 50.9. The van der Waals surface area contributed by atoms with Crippen molar-refractivity contribution in [3.05, 3.63) is 207 Å². The van der Waals surface area contributed by atoms with Crippen molar-refractivity contribution in [2.24, 2.45) is 5.73 Å². The van der Waals surface area contributed by atoms with Gasteiger partial charge < -0.3 is 15.5 Å². The lowest BCUT2D eigenvalue weighted by molar-refractivity contribution is 0.0691. The number of halogens is 2. The first-order chi connectivity index (χ1) is 35.1. The van der Waals surface area contributed by atoms with Crippen LogP contribution in [-0.2, 0) is 20.0 Å². The summed E-state index contributed by atoms with van der Waals surface area (Å²) in [7, 11) is -7.32. The molecule has 73 heavy (non-hydrogen) atoms. The van der Waals surface area contributed by atoms with Crippen LogP contribution in [0.15, 0.2) is 189 Å². The lowest BCUT2D eigenvalue weighted by Crippen LogP contribution is -2.50. The quantitative estimate of drug-likeness (QED) is 0.0823. The zero-order chi connectivity index (χ0) is 51.4. The van der Waals surface area contributed by atoms with Gasteiger partial charge in [0.25, 0.3) is 11.8 Å². The molecule has 2 aliphatic rings. The molecule has 17 heteroatoms. The highest BCUT2D eigenvalue weighted by Crippen LogP contribution is 2.29. The van der Waals surface area contributed by atoms with E-state index in [2.05, 4.69) is 36.7 Å². The molecular weight excluding hydrogens is 1090 g/mol. The molecule has 0 aromatic heterocycles. The highest BCUT2D eigenvalue weighted by atomic mass is 79.9. The number of sulfonamides is 2. The predicted octanol–water partition coefficient (Wildman–Crippen LogP) is 10.7. The number of hydrogen-bond donors (Lipinski definition) is 2. The maximum atomic E-state index is 13.3. The molecule has 8 aromatic rings. The van der Waals surface area contributed by atoms with E-state index >= 15 is 0 Å². The van der Waals surface area contributed by atoms with Crippen molar-refractivity contribution in [1.82, 2.24) is 18.4 Å². The van der Waals surface area contributed by atoms with Crippen LogP contribution < -0.4 is 5.73 Å². The molecule has 2 amide bonds. The summed E-state index contributed by atoms with van der Waals surface area (Å²) < 4.78 is 57.8. The molecule has 0 aliphatic carbocycles. The molecule has 13 nitrogen and oxygen atoms in total. The van der Waals surface area contributed by atoms with Crippen LogP contribution >= 0.6 is 31.9 Å². The lowest BCUT2D eigenvalue weighted by Gasteiger charge is -2.34. The number of carbonyl (C=O) groups is 2. The van der Waals surface area contributed by atoms with Gasteiger partial charge >= 0.3 is 0 Å². The average Bonchev–Trinajstić information content (AvgIpc) is 3.42. The Morgan fingerprint density at radius 3 is 1.29 bits per heavy atom. The summed E-state index contributed by atoms with van der Waals surface area (Å²) in [5.41, 5.74) is 11.6. The Labute approximate surface area is 441 Å². The van der Waals surface area contributed by atoms with Crippen LogP contribution in [0.3, 0.4) is 0 Å². The van der Waals surface area contributed by atoms with Crippen molar-refractivity contribution >= 4 is 96.8 Å². The van der Waals surface area contributed by atoms with Gasteiger partial charge in [-0.3, -0.25) is 15.0 Å². The molecule has 0 atom stereocenters. The monoisotopic (exact) mass is 1140 g/mol. The van der Waals surface area contributed by atoms with E-state index in [0.717, 1.165) is 52.7 Å². The molecule has 2 fully saturated rings. The number of nitrogens with two attached hydrogens (primary N) is 1. The minimum Gasteiger partial charge on any atom is -0.384 e. The molecular formula is C56H47Br2N7O6S2. The SMILES string of the molecule is N=C(N)c1cccc(-c2ccc(C(=O)N3CCN(S(=O)(=O)c4ccc5cc(Br)ccc5c4)CC3)cc2)c1.[C-]#[N+]c1cccc(-c2ccc(C(=O)N3CCN(S(=O)(=O)c4ccc5cc(Br)ccc5c4)CC3)cc2)c1. The number of fused-ring (bicyclic) bond motifs is 2. The summed E-state index contributed by atoms with van der Waals surface area (Å²) in [6.45, 7) is 9.44. The summed E-state index contributed by atoms with van der Waals surface area (Å²) in [5.74, 6) is -0.245. The van der Waals surface area contributed by atoms with E-state index in [0.29, 0.717) is 48.6 Å². The van der Waals surface area contributed by atoms with Gasteiger partial charge in [0.2, 0.25) is 20.0 Å². The molecule has 368 valence electrons. The number of benzene rings is 8. The molecule has 0 bridgehead atoms. The number of nitrogen functional groups attached to an aromatic ring is 1. The maximum Gasteiger partial charge on any atom is 0.253 e. The summed E-state index contributed by atoms with van der Waals surface area (Å²) in [5, 5.41) is 11.3. The molecule has 0 spiro atoms. The summed E-state index contributed by atoms with van der Waals surface area (Å²) in [6, 6.07) is 51.1. The minimum absolute atomic E-state index is 0.00340. The van der Waals surface area contributed by atoms with Gasteiger partial charge in [0.05, 0.1) is 16.4 Å². The number of rotatable bonds is 9. The van der Waals surface area contributed by atoms with Crippen LogP contribution in [0.4, 0.5) is 5.69 Å². The zero-order valence-corrected chi connectivity index (χ0v) is 44.0. The third-order valence-corrected chi connectivity index (χ3v) is 17.7. The van der Waals surface area contributed by atoms with Gasteiger partial charge in [-0.1, -0.05) is 117 Å². The van der Waals surface area contributed by atoms with Gasteiger partial charge in [-0.05, 0) is 129 Å². The lowest BCUT2D eigenvalue weighted by atomic mass is 10.0. The molecule has 8 aromatic carbocycles. The highest BCUT2D eigenvalue weighted by Gasteiger charge is 2.32. The van der Waals surface area contributed by atoms with E-state index < -0.39 is 20.0 Å². The Morgan fingerprint density at radius 2 is 0.863 bits per heavy atom. The molecule has 0 unspecified atom stereocenters. The van der Waals surface area contributed by atoms with Crippen molar-refractivity contribution in [1.29, 1.82) is 5.41 Å². The van der Waals surface area contributed by atoms with Crippen LogP contribution in [0.25, 0.3) is 48.6 Å². The van der Waals surface area contributed by atoms with Crippen molar-refractivity contribution in [3.63, 3.8) is 0 Å². The van der Waals surface area contributed by atoms with Gasteiger partial charge in [0.1, 0.15) is 5.84 Å². The fraction of sp³-hybridized carbons (Fsp3) is 0.143. The summed E-state index contributed by atoms with van der Waals surface area (Å²) >= 11 is 6.88.